The Morgan fingerprint density at radius 3 is 2.76 bits per heavy atom. The molecule has 118 valence electrons. The summed E-state index contributed by atoms with van der Waals surface area (Å²) in [4.78, 5) is 11.2. The summed E-state index contributed by atoms with van der Waals surface area (Å²) >= 11 is 2.21. The smallest absolute Gasteiger partial charge is 0.323 e. The zero-order chi connectivity index (χ0) is 15.8. The molecule has 0 aliphatic carbocycles. The van der Waals surface area contributed by atoms with Crippen molar-refractivity contribution in [3.8, 4) is 0 Å². The molecule has 0 aromatic carbocycles. The lowest BCUT2D eigenvalue weighted by atomic mass is 10.0. The molecule has 2 aliphatic heterocycles. The first kappa shape index (κ1) is 17.1. The molecule has 1 unspecified atom stereocenters. The molecule has 2 aliphatic rings. The third-order valence-electron chi connectivity index (χ3n) is 3.61. The minimum Gasteiger partial charge on any atom is -0.389 e. The first-order valence-corrected chi connectivity index (χ1v) is 11.1. The highest BCUT2D eigenvalue weighted by Gasteiger charge is 2.44. The number of aliphatic hydroxyl groups excluding tert-OH is 1. The average molecular weight is 424 g/mol. The number of carbonyl (C=O) groups is 1. The Balaban J connectivity index is 2.08. The fraction of sp³-hybridized carbons (Fsp3) is 0.571. The molecule has 0 spiro atoms. The maximum Gasteiger partial charge on any atom is 0.323 e. The Morgan fingerprint density at radius 1 is 1.52 bits per heavy atom. The summed E-state index contributed by atoms with van der Waals surface area (Å²) in [5.41, 5.74) is 1.32. The van der Waals surface area contributed by atoms with Gasteiger partial charge in [-0.25, -0.2) is 4.79 Å². The minimum absolute atomic E-state index is 0.0707. The second kappa shape index (κ2) is 6.44. The van der Waals surface area contributed by atoms with Crippen molar-refractivity contribution < 1.29 is 14.6 Å². The minimum atomic E-state index is -1.13. The van der Waals surface area contributed by atoms with Crippen LogP contribution < -0.4 is 10.6 Å². The molecule has 0 aromatic heterocycles. The summed E-state index contributed by atoms with van der Waals surface area (Å²) in [6.45, 7) is 7.08. The first-order chi connectivity index (χ1) is 9.69. The number of aliphatic hydroxyl groups is 1. The zero-order valence-corrected chi connectivity index (χ0v) is 15.4. The molecule has 1 fully saturated rings. The third-order valence-corrected chi connectivity index (χ3v) is 6.47. The molecule has 21 heavy (non-hydrogen) atoms. The monoisotopic (exact) mass is 424 g/mol. The predicted octanol–water partition coefficient (Wildman–Crippen LogP) is 1.73. The first-order valence-electron chi connectivity index (χ1n) is 6.81. The van der Waals surface area contributed by atoms with E-state index in [-0.39, 0.29) is 22.2 Å². The van der Waals surface area contributed by atoms with Crippen LogP contribution in [-0.4, -0.2) is 59.2 Å². The van der Waals surface area contributed by atoms with Crippen molar-refractivity contribution in [3.05, 3.63) is 24.0 Å². The summed E-state index contributed by atoms with van der Waals surface area (Å²) < 4.78 is 5.97. The Kier molecular flexibility index (Phi) is 5.23. The molecule has 3 N–H and O–H groups in total. The fourth-order valence-corrected chi connectivity index (χ4v) is 4.39. The van der Waals surface area contributed by atoms with E-state index in [1.807, 2.05) is 0 Å². The van der Waals surface area contributed by atoms with Crippen molar-refractivity contribution in [1.29, 1.82) is 0 Å². The van der Waals surface area contributed by atoms with E-state index in [1.165, 1.54) is 0 Å². The maximum atomic E-state index is 11.2. The van der Waals surface area contributed by atoms with Crippen LogP contribution in [0.2, 0.25) is 0 Å². The van der Waals surface area contributed by atoms with Gasteiger partial charge in [0.25, 0.3) is 0 Å². The second-order valence-corrected chi connectivity index (χ2v) is 11.9. The summed E-state index contributed by atoms with van der Waals surface area (Å²) in [6, 6.07) is -0.299. The quantitative estimate of drug-likeness (QED) is 0.366. The van der Waals surface area contributed by atoms with Crippen LogP contribution >= 0.6 is 29.5 Å². The maximum absolute atomic E-state index is 11.2. The van der Waals surface area contributed by atoms with Crippen LogP contribution in [0.3, 0.4) is 0 Å². The van der Waals surface area contributed by atoms with Gasteiger partial charge in [-0.3, -0.25) is 0 Å². The van der Waals surface area contributed by atoms with E-state index in [0.29, 0.717) is 5.70 Å². The highest BCUT2D eigenvalue weighted by atomic mass is 127. The van der Waals surface area contributed by atoms with Crippen LogP contribution in [0.4, 0.5) is 4.79 Å². The Morgan fingerprint density at radius 2 is 2.19 bits per heavy atom. The van der Waals surface area contributed by atoms with Gasteiger partial charge in [0.1, 0.15) is 6.10 Å². The lowest BCUT2D eigenvalue weighted by molar-refractivity contribution is 0.0202. The van der Waals surface area contributed by atoms with Crippen LogP contribution in [0.5, 0.6) is 0 Å². The van der Waals surface area contributed by atoms with Gasteiger partial charge in [0.15, 0.2) is 0 Å². The van der Waals surface area contributed by atoms with Gasteiger partial charge >= 0.3 is 6.03 Å². The summed E-state index contributed by atoms with van der Waals surface area (Å²) in [6.07, 6.45) is 6.63. The van der Waals surface area contributed by atoms with Crippen molar-refractivity contribution in [2.45, 2.75) is 28.7 Å². The number of urea groups is 1. The SMILES string of the molecule is C=C1NC(=O)NC=C1C1O[C@H](CCP(=C)(C)C)[C@@H](O)[C@H]1I. The van der Waals surface area contributed by atoms with Crippen LogP contribution in [0.15, 0.2) is 24.0 Å². The largest absolute Gasteiger partial charge is 0.389 e. The molecule has 2 amide bonds. The number of ether oxygens (including phenoxy) is 1. The second-order valence-electron chi connectivity index (χ2n) is 6.15. The van der Waals surface area contributed by atoms with Crippen LogP contribution in [0, 0.1) is 0 Å². The normalized spacial score (nSPS) is 33.4. The molecule has 4 atom stereocenters. The molecular weight excluding hydrogens is 402 g/mol. The highest BCUT2D eigenvalue weighted by molar-refractivity contribution is 14.1. The number of rotatable bonds is 4. The van der Waals surface area contributed by atoms with Gasteiger partial charge in [-0.15, -0.1) is 13.2 Å². The Bertz CT molecular complexity index is 528. The van der Waals surface area contributed by atoms with Crippen molar-refractivity contribution in [1.82, 2.24) is 10.6 Å². The van der Waals surface area contributed by atoms with Gasteiger partial charge in [-0.1, -0.05) is 29.2 Å². The van der Waals surface area contributed by atoms with E-state index >= 15 is 0 Å². The summed E-state index contributed by atoms with van der Waals surface area (Å²) in [5, 5.41) is 15.6. The molecule has 7 heteroatoms. The van der Waals surface area contributed by atoms with E-state index in [9.17, 15) is 9.90 Å². The number of hydrogen-bond donors (Lipinski definition) is 3. The van der Waals surface area contributed by atoms with E-state index < -0.39 is 13.0 Å². The van der Waals surface area contributed by atoms with Gasteiger partial charge in [0.05, 0.1) is 16.1 Å². The van der Waals surface area contributed by atoms with Gasteiger partial charge in [0.2, 0.25) is 0 Å². The van der Waals surface area contributed by atoms with Gasteiger partial charge in [-0.05, 0) is 25.9 Å². The zero-order valence-electron chi connectivity index (χ0n) is 12.3. The number of amides is 2. The van der Waals surface area contributed by atoms with Crippen LogP contribution in [0.1, 0.15) is 6.42 Å². The summed E-state index contributed by atoms with van der Waals surface area (Å²) in [7, 11) is 0. The van der Waals surface area contributed by atoms with Crippen molar-refractivity contribution in [2.75, 3.05) is 19.5 Å². The van der Waals surface area contributed by atoms with Crippen LogP contribution in [0.25, 0.3) is 0 Å². The van der Waals surface area contributed by atoms with Crippen LogP contribution in [-0.2, 0) is 4.74 Å². The fourth-order valence-electron chi connectivity index (χ4n) is 2.42. The number of hydrogen-bond acceptors (Lipinski definition) is 3. The molecule has 2 rings (SSSR count). The van der Waals surface area contributed by atoms with Crippen molar-refractivity contribution in [3.63, 3.8) is 0 Å². The van der Waals surface area contributed by atoms with Gasteiger partial charge in [0, 0.05) is 17.5 Å². The average Bonchev–Trinajstić information content (AvgIpc) is 2.64. The van der Waals surface area contributed by atoms with E-state index in [2.05, 4.69) is 59.4 Å². The van der Waals surface area contributed by atoms with E-state index in [4.69, 9.17) is 4.74 Å². The van der Waals surface area contributed by atoms with Gasteiger partial charge < -0.3 is 20.5 Å². The number of carbonyl (C=O) groups excluding carboxylic acids is 1. The van der Waals surface area contributed by atoms with E-state index in [0.717, 1.165) is 18.2 Å². The Hall–Kier alpha value is -0.300. The number of nitrogens with one attached hydrogen (secondary N) is 2. The number of halogens is 1. The molecule has 0 saturated carbocycles. The molecule has 0 radical (unpaired) electrons. The molecular formula is C14H22IN2O3P. The lowest BCUT2D eigenvalue weighted by Crippen LogP contribution is -2.40. The standard InChI is InChI=1S/C14H22IN2O3P/c1-8-9(7-16-14(19)17-8)13-11(15)12(18)10(20-13)5-6-21(2,3)4/h7,10-13,18H,1-2,5-6H2,3-4H3,(H2,16,17,19)/t10-,11-,12-,13?/m1/s1. The highest BCUT2D eigenvalue weighted by Crippen LogP contribution is 2.40. The van der Waals surface area contributed by atoms with Crippen molar-refractivity contribution >= 4 is 41.8 Å². The molecule has 2 heterocycles. The molecule has 1 saturated heterocycles. The molecule has 0 aromatic rings. The van der Waals surface area contributed by atoms with Gasteiger partial charge in [-0.2, -0.15) is 0 Å². The lowest BCUT2D eigenvalue weighted by Gasteiger charge is -2.24. The topological polar surface area (TPSA) is 70.6 Å². The third kappa shape index (κ3) is 4.12. The van der Waals surface area contributed by atoms with E-state index in [1.54, 1.807) is 6.20 Å². The Labute approximate surface area is 139 Å². The molecule has 0 bridgehead atoms. The molecule has 5 nitrogen and oxygen atoms in total. The summed E-state index contributed by atoms with van der Waals surface area (Å²) in [5.74, 6) is 0. The number of alkyl halides is 1. The predicted molar refractivity (Wildman–Crippen MR) is 96.7 cm³/mol. The van der Waals surface area contributed by atoms with Crippen molar-refractivity contribution in [2.24, 2.45) is 0 Å².